The minimum atomic E-state index is 0.399. The van der Waals surface area contributed by atoms with Crippen molar-refractivity contribution in [3.8, 4) is 5.75 Å². The van der Waals surface area contributed by atoms with Crippen LogP contribution in [0.25, 0.3) is 0 Å². The van der Waals surface area contributed by atoms with E-state index < -0.39 is 0 Å². The molecule has 0 aliphatic carbocycles. The fraction of sp³-hybridized carbons (Fsp3) is 0.250. The normalized spacial score (nSPS) is 10.0. The van der Waals surface area contributed by atoms with Gasteiger partial charge in [-0.15, -0.1) is 0 Å². The number of benzene rings is 1. The first-order chi connectivity index (χ1) is 5.70. The van der Waals surface area contributed by atoms with Crippen LogP contribution in [0.4, 0.5) is 0 Å². The number of hydrogen-bond acceptors (Lipinski definition) is 2. The van der Waals surface area contributed by atoms with E-state index in [0.717, 1.165) is 10.0 Å². The lowest BCUT2D eigenvalue weighted by atomic mass is 10.2. The molecule has 0 saturated carbocycles. The van der Waals surface area contributed by atoms with Crippen molar-refractivity contribution in [1.29, 1.82) is 0 Å². The Balaban J connectivity index is 3.24. The fourth-order valence-corrected chi connectivity index (χ4v) is 1.85. The maximum absolute atomic E-state index is 5.98. The molecule has 2 nitrogen and oxygen atoms in total. The second kappa shape index (κ2) is 4.12. The minimum absolute atomic E-state index is 0.399. The van der Waals surface area contributed by atoms with Crippen LogP contribution in [0.15, 0.2) is 16.6 Å². The molecule has 1 aromatic rings. The fourth-order valence-electron chi connectivity index (χ4n) is 0.921. The Morgan fingerprint density at radius 2 is 2.25 bits per heavy atom. The van der Waals surface area contributed by atoms with E-state index in [1.807, 2.05) is 6.07 Å². The monoisotopic (exact) mass is 249 g/mol. The Hall–Kier alpha value is -0.250. The molecule has 0 radical (unpaired) electrons. The predicted molar refractivity (Wildman–Crippen MR) is 53.6 cm³/mol. The molecule has 0 bridgehead atoms. The number of halogens is 2. The van der Waals surface area contributed by atoms with Gasteiger partial charge in [-0.25, -0.2) is 0 Å². The molecule has 1 aromatic carbocycles. The summed E-state index contributed by atoms with van der Waals surface area (Å²) < 4.78 is 5.95. The Morgan fingerprint density at radius 1 is 1.58 bits per heavy atom. The van der Waals surface area contributed by atoms with Gasteiger partial charge in [0.05, 0.1) is 12.1 Å². The first-order valence-electron chi connectivity index (χ1n) is 3.41. The molecule has 0 amide bonds. The van der Waals surface area contributed by atoms with Crippen LogP contribution in [0.5, 0.6) is 5.75 Å². The maximum atomic E-state index is 5.98. The molecule has 66 valence electrons. The molecule has 0 unspecified atom stereocenters. The van der Waals surface area contributed by atoms with E-state index in [0.29, 0.717) is 17.3 Å². The SMILES string of the molecule is COc1ccc(Br)c(CN)c1Cl. The van der Waals surface area contributed by atoms with E-state index >= 15 is 0 Å². The van der Waals surface area contributed by atoms with Crippen molar-refractivity contribution < 1.29 is 4.74 Å². The average Bonchev–Trinajstić information content (AvgIpc) is 2.06. The molecular weight excluding hydrogens is 241 g/mol. The van der Waals surface area contributed by atoms with Crippen LogP contribution in [0.1, 0.15) is 5.56 Å². The topological polar surface area (TPSA) is 35.2 Å². The van der Waals surface area contributed by atoms with Gasteiger partial charge in [-0.05, 0) is 12.1 Å². The van der Waals surface area contributed by atoms with Gasteiger partial charge in [-0.2, -0.15) is 0 Å². The van der Waals surface area contributed by atoms with E-state index in [4.69, 9.17) is 22.1 Å². The third kappa shape index (κ3) is 1.73. The number of ether oxygens (including phenoxy) is 1. The highest BCUT2D eigenvalue weighted by Gasteiger charge is 2.08. The molecule has 4 heteroatoms. The summed E-state index contributed by atoms with van der Waals surface area (Å²) >= 11 is 9.33. The van der Waals surface area contributed by atoms with Crippen LogP contribution in [-0.2, 0) is 6.54 Å². The lowest BCUT2D eigenvalue weighted by molar-refractivity contribution is 0.414. The standard InChI is InChI=1S/C8H9BrClNO/c1-12-7-3-2-6(9)5(4-11)8(7)10/h2-3H,4,11H2,1H3. The molecule has 0 aliphatic heterocycles. The van der Waals surface area contributed by atoms with E-state index in [-0.39, 0.29) is 0 Å². The van der Waals surface area contributed by atoms with Gasteiger partial charge >= 0.3 is 0 Å². The van der Waals surface area contributed by atoms with Gasteiger partial charge in [0.25, 0.3) is 0 Å². The van der Waals surface area contributed by atoms with Gasteiger partial charge in [0.1, 0.15) is 5.75 Å². The first-order valence-corrected chi connectivity index (χ1v) is 4.58. The van der Waals surface area contributed by atoms with Crippen molar-refractivity contribution in [3.63, 3.8) is 0 Å². The van der Waals surface area contributed by atoms with Crippen LogP contribution in [0, 0.1) is 0 Å². The number of hydrogen-bond donors (Lipinski definition) is 1. The number of rotatable bonds is 2. The van der Waals surface area contributed by atoms with Gasteiger partial charge in [-0.3, -0.25) is 0 Å². The maximum Gasteiger partial charge on any atom is 0.137 e. The number of methoxy groups -OCH3 is 1. The average molecular weight is 251 g/mol. The molecule has 1 rings (SSSR count). The van der Waals surface area contributed by atoms with E-state index in [1.54, 1.807) is 13.2 Å². The second-order valence-corrected chi connectivity index (χ2v) is 3.48. The zero-order chi connectivity index (χ0) is 9.14. The summed E-state index contributed by atoms with van der Waals surface area (Å²) in [7, 11) is 1.58. The smallest absolute Gasteiger partial charge is 0.137 e. The van der Waals surface area contributed by atoms with Gasteiger partial charge in [0, 0.05) is 16.6 Å². The molecule has 0 atom stereocenters. The van der Waals surface area contributed by atoms with Crippen LogP contribution in [-0.4, -0.2) is 7.11 Å². The predicted octanol–water partition coefficient (Wildman–Crippen LogP) is 2.57. The highest BCUT2D eigenvalue weighted by atomic mass is 79.9. The Labute approximate surface area is 84.8 Å². The molecule has 0 saturated heterocycles. The lowest BCUT2D eigenvalue weighted by Crippen LogP contribution is -1.99. The molecule has 0 aliphatic rings. The van der Waals surface area contributed by atoms with Gasteiger partial charge in [0.2, 0.25) is 0 Å². The van der Waals surface area contributed by atoms with Crippen molar-refractivity contribution in [3.05, 3.63) is 27.2 Å². The summed E-state index contributed by atoms with van der Waals surface area (Å²) in [5.74, 6) is 0.653. The number of nitrogens with two attached hydrogens (primary N) is 1. The van der Waals surface area contributed by atoms with Crippen LogP contribution < -0.4 is 10.5 Å². The van der Waals surface area contributed by atoms with Crippen molar-refractivity contribution >= 4 is 27.5 Å². The van der Waals surface area contributed by atoms with Gasteiger partial charge in [-0.1, -0.05) is 27.5 Å². The molecule has 0 fully saturated rings. The third-order valence-electron chi connectivity index (χ3n) is 1.57. The molecule has 0 aromatic heterocycles. The summed E-state index contributed by atoms with van der Waals surface area (Å²) in [6, 6.07) is 3.67. The lowest BCUT2D eigenvalue weighted by Gasteiger charge is -2.08. The highest BCUT2D eigenvalue weighted by molar-refractivity contribution is 9.10. The summed E-state index contributed by atoms with van der Waals surface area (Å²) in [6.45, 7) is 0.399. The quantitative estimate of drug-likeness (QED) is 0.875. The Kier molecular flexibility index (Phi) is 3.38. The molecule has 2 N–H and O–H groups in total. The van der Waals surface area contributed by atoms with Crippen molar-refractivity contribution in [2.45, 2.75) is 6.54 Å². The highest BCUT2D eigenvalue weighted by Crippen LogP contribution is 2.32. The zero-order valence-corrected chi connectivity index (χ0v) is 8.95. The summed E-state index contributed by atoms with van der Waals surface area (Å²) in [5.41, 5.74) is 6.38. The Bertz CT molecular complexity index is 291. The Morgan fingerprint density at radius 3 is 2.75 bits per heavy atom. The summed E-state index contributed by atoms with van der Waals surface area (Å²) in [6.07, 6.45) is 0. The first kappa shape index (κ1) is 9.84. The zero-order valence-electron chi connectivity index (χ0n) is 6.60. The van der Waals surface area contributed by atoms with Crippen molar-refractivity contribution in [2.75, 3.05) is 7.11 Å². The van der Waals surface area contributed by atoms with Crippen LogP contribution >= 0.6 is 27.5 Å². The largest absolute Gasteiger partial charge is 0.495 e. The second-order valence-electron chi connectivity index (χ2n) is 2.25. The summed E-state index contributed by atoms with van der Waals surface area (Å²) in [4.78, 5) is 0. The van der Waals surface area contributed by atoms with E-state index in [2.05, 4.69) is 15.9 Å². The van der Waals surface area contributed by atoms with Gasteiger partial charge < -0.3 is 10.5 Å². The van der Waals surface area contributed by atoms with Crippen molar-refractivity contribution in [1.82, 2.24) is 0 Å². The van der Waals surface area contributed by atoms with Crippen LogP contribution in [0.2, 0.25) is 5.02 Å². The molecular formula is C8H9BrClNO. The molecule has 0 spiro atoms. The van der Waals surface area contributed by atoms with E-state index in [1.165, 1.54) is 0 Å². The third-order valence-corrected chi connectivity index (χ3v) is 2.73. The van der Waals surface area contributed by atoms with Crippen molar-refractivity contribution in [2.24, 2.45) is 5.73 Å². The van der Waals surface area contributed by atoms with E-state index in [9.17, 15) is 0 Å². The van der Waals surface area contributed by atoms with Gasteiger partial charge in [0.15, 0.2) is 0 Å². The van der Waals surface area contributed by atoms with Crippen LogP contribution in [0.3, 0.4) is 0 Å². The molecule has 12 heavy (non-hydrogen) atoms. The molecule has 0 heterocycles. The summed E-state index contributed by atoms with van der Waals surface area (Å²) in [5, 5.41) is 0.578. The minimum Gasteiger partial charge on any atom is -0.495 e.